The fourth-order valence-electron chi connectivity index (χ4n) is 2.44. The van der Waals surface area contributed by atoms with E-state index in [0.717, 1.165) is 64.2 Å². The maximum Gasteiger partial charge on any atom is 0.308 e. The monoisotopic (exact) mass is 314 g/mol. The van der Waals surface area contributed by atoms with Crippen molar-refractivity contribution in [3.8, 4) is 0 Å². The summed E-state index contributed by atoms with van der Waals surface area (Å²) in [5, 5.41) is 9.68. The maximum absolute atomic E-state index is 11.6. The van der Waals surface area contributed by atoms with Crippen molar-refractivity contribution in [2.24, 2.45) is 0 Å². The van der Waals surface area contributed by atoms with E-state index in [9.17, 15) is 14.7 Å². The highest BCUT2D eigenvalue weighted by atomic mass is 16.5. The molecule has 0 fully saturated rings. The Balaban J connectivity index is 3.35. The van der Waals surface area contributed by atoms with E-state index in [-0.39, 0.29) is 12.4 Å². The van der Waals surface area contributed by atoms with Crippen LogP contribution >= 0.6 is 0 Å². The average Bonchev–Trinajstić information content (AvgIpc) is 2.46. The molecule has 0 aromatic heterocycles. The largest absolute Gasteiger partial charge is 0.466 e. The van der Waals surface area contributed by atoms with Gasteiger partial charge in [-0.3, -0.25) is 9.59 Å². The van der Waals surface area contributed by atoms with Crippen molar-refractivity contribution in [3.63, 3.8) is 0 Å². The van der Waals surface area contributed by atoms with Crippen LogP contribution in [0.1, 0.15) is 90.9 Å². The minimum Gasteiger partial charge on any atom is -0.466 e. The number of ether oxygens (including phenoxy) is 1. The van der Waals surface area contributed by atoms with Gasteiger partial charge in [0, 0.05) is 12.8 Å². The number of rotatable bonds is 15. The van der Waals surface area contributed by atoms with Crippen LogP contribution in [-0.2, 0) is 14.3 Å². The third-order valence-electron chi connectivity index (χ3n) is 3.76. The highest BCUT2D eigenvalue weighted by Crippen LogP contribution is 2.12. The van der Waals surface area contributed by atoms with Crippen LogP contribution in [-0.4, -0.2) is 29.6 Å². The van der Waals surface area contributed by atoms with Crippen LogP contribution < -0.4 is 0 Å². The number of aliphatic hydroxyl groups is 1. The highest BCUT2D eigenvalue weighted by molar-refractivity contribution is 5.78. The minimum absolute atomic E-state index is 0.0973. The predicted octanol–water partition coefficient (Wildman–Crippen LogP) is 4.18. The van der Waals surface area contributed by atoms with Crippen molar-refractivity contribution in [2.75, 3.05) is 6.61 Å². The lowest BCUT2D eigenvalue weighted by Gasteiger charge is -2.09. The first-order valence-corrected chi connectivity index (χ1v) is 8.95. The van der Waals surface area contributed by atoms with Crippen molar-refractivity contribution >= 4 is 11.8 Å². The fraction of sp³-hybridized carbons (Fsp3) is 0.889. The van der Waals surface area contributed by atoms with Gasteiger partial charge in [-0.2, -0.15) is 0 Å². The maximum atomic E-state index is 11.6. The molecule has 0 amide bonds. The van der Waals surface area contributed by atoms with E-state index in [4.69, 9.17) is 4.74 Å². The van der Waals surface area contributed by atoms with Crippen LogP contribution in [0.15, 0.2) is 0 Å². The summed E-state index contributed by atoms with van der Waals surface area (Å²) in [5.41, 5.74) is 0. The molecule has 1 unspecified atom stereocenters. The average molecular weight is 314 g/mol. The van der Waals surface area contributed by atoms with Crippen LogP contribution in [0.4, 0.5) is 0 Å². The van der Waals surface area contributed by atoms with E-state index in [0.29, 0.717) is 18.8 Å². The molecule has 0 aliphatic heterocycles. The summed E-state index contributed by atoms with van der Waals surface area (Å²) >= 11 is 0. The summed E-state index contributed by atoms with van der Waals surface area (Å²) in [5.74, 6) is 0.0786. The Kier molecular flexibility index (Phi) is 14.4. The summed E-state index contributed by atoms with van der Waals surface area (Å²) in [4.78, 5) is 22.7. The second-order valence-electron chi connectivity index (χ2n) is 5.97. The third-order valence-corrected chi connectivity index (χ3v) is 3.76. The lowest BCUT2D eigenvalue weighted by Crippen LogP contribution is -2.15. The van der Waals surface area contributed by atoms with Crippen molar-refractivity contribution in [3.05, 3.63) is 0 Å². The van der Waals surface area contributed by atoms with Gasteiger partial charge in [0.2, 0.25) is 0 Å². The third kappa shape index (κ3) is 14.1. The van der Waals surface area contributed by atoms with Gasteiger partial charge in [-0.1, -0.05) is 45.4 Å². The molecule has 130 valence electrons. The van der Waals surface area contributed by atoms with E-state index in [2.05, 4.69) is 6.92 Å². The summed E-state index contributed by atoms with van der Waals surface area (Å²) in [6, 6.07) is 0. The van der Waals surface area contributed by atoms with Gasteiger partial charge in [0.1, 0.15) is 5.78 Å². The van der Waals surface area contributed by atoms with E-state index in [1.165, 1.54) is 0 Å². The molecule has 0 bridgehead atoms. The number of Topliss-reactive ketones (excluding diaryl/α,β-unsaturated/α-hetero) is 1. The van der Waals surface area contributed by atoms with Crippen LogP contribution in [0.3, 0.4) is 0 Å². The summed E-state index contributed by atoms with van der Waals surface area (Å²) < 4.78 is 4.80. The van der Waals surface area contributed by atoms with E-state index in [1.54, 1.807) is 6.92 Å². The molecule has 0 aliphatic rings. The molecule has 0 aromatic carbocycles. The zero-order valence-corrected chi connectivity index (χ0v) is 14.4. The van der Waals surface area contributed by atoms with Gasteiger partial charge in [-0.25, -0.2) is 0 Å². The van der Waals surface area contributed by atoms with Crippen molar-refractivity contribution in [1.29, 1.82) is 0 Å². The zero-order valence-electron chi connectivity index (χ0n) is 14.4. The number of carbonyl (C=O) groups excluding carboxylic acids is 2. The molecule has 0 aliphatic carbocycles. The number of aliphatic hydroxyl groups excluding tert-OH is 1. The van der Waals surface area contributed by atoms with Crippen LogP contribution in [0.2, 0.25) is 0 Å². The fourth-order valence-corrected chi connectivity index (χ4v) is 2.44. The molecule has 0 radical (unpaired) electrons. The topological polar surface area (TPSA) is 63.6 Å². The molecule has 0 spiro atoms. The van der Waals surface area contributed by atoms with Gasteiger partial charge in [0.25, 0.3) is 0 Å². The molecule has 4 nitrogen and oxygen atoms in total. The molecule has 0 aromatic rings. The molecule has 1 atom stereocenters. The normalized spacial score (nSPS) is 12.1. The molecule has 1 N–H and O–H groups in total. The number of ketones is 1. The van der Waals surface area contributed by atoms with Crippen molar-refractivity contribution in [2.45, 2.75) is 97.0 Å². The standard InChI is InChI=1S/C18H34O4/c1-3-5-9-12-16(19)13-10-7-6-8-11-14-17(20)15-18(21)22-4-2/h17,20H,3-15H2,1-2H3. The SMILES string of the molecule is CCCCCC(=O)CCCCCCCC(O)CC(=O)OCC. The van der Waals surface area contributed by atoms with Gasteiger partial charge >= 0.3 is 5.97 Å². The van der Waals surface area contributed by atoms with Gasteiger partial charge in [-0.05, 0) is 26.2 Å². The summed E-state index contributed by atoms with van der Waals surface area (Å²) in [6.45, 7) is 4.27. The Labute approximate surface area is 135 Å². The Morgan fingerprint density at radius 3 is 2.14 bits per heavy atom. The molecular formula is C18H34O4. The number of unbranched alkanes of at least 4 members (excludes halogenated alkanes) is 6. The Morgan fingerprint density at radius 1 is 0.909 bits per heavy atom. The first-order chi connectivity index (χ1) is 10.6. The van der Waals surface area contributed by atoms with Gasteiger partial charge in [0.15, 0.2) is 0 Å². The van der Waals surface area contributed by atoms with Crippen molar-refractivity contribution < 1.29 is 19.4 Å². The number of hydrogen-bond acceptors (Lipinski definition) is 4. The quantitative estimate of drug-likeness (QED) is 0.364. The second-order valence-corrected chi connectivity index (χ2v) is 5.97. The first-order valence-electron chi connectivity index (χ1n) is 8.95. The molecule has 0 rings (SSSR count). The molecular weight excluding hydrogens is 280 g/mol. The van der Waals surface area contributed by atoms with Gasteiger partial charge in [0.05, 0.1) is 19.1 Å². The Hall–Kier alpha value is -0.900. The van der Waals surface area contributed by atoms with Crippen LogP contribution in [0.25, 0.3) is 0 Å². The van der Waals surface area contributed by atoms with E-state index >= 15 is 0 Å². The number of carbonyl (C=O) groups is 2. The van der Waals surface area contributed by atoms with Gasteiger partial charge in [-0.15, -0.1) is 0 Å². The Morgan fingerprint density at radius 2 is 1.50 bits per heavy atom. The molecule has 4 heteroatoms. The van der Waals surface area contributed by atoms with E-state index in [1.807, 2.05) is 0 Å². The lowest BCUT2D eigenvalue weighted by molar-refractivity contribution is -0.145. The minimum atomic E-state index is -0.584. The highest BCUT2D eigenvalue weighted by Gasteiger charge is 2.10. The second kappa shape index (κ2) is 15.0. The van der Waals surface area contributed by atoms with Crippen LogP contribution in [0, 0.1) is 0 Å². The van der Waals surface area contributed by atoms with Gasteiger partial charge < -0.3 is 9.84 Å². The first kappa shape index (κ1) is 21.1. The summed E-state index contributed by atoms with van der Waals surface area (Å²) in [7, 11) is 0. The van der Waals surface area contributed by atoms with E-state index < -0.39 is 6.10 Å². The molecule has 22 heavy (non-hydrogen) atoms. The molecule has 0 heterocycles. The molecule has 0 saturated carbocycles. The number of hydrogen-bond donors (Lipinski definition) is 1. The molecule has 0 saturated heterocycles. The van der Waals surface area contributed by atoms with Crippen molar-refractivity contribution in [1.82, 2.24) is 0 Å². The number of esters is 1. The zero-order chi connectivity index (χ0) is 16.6. The Bertz CT molecular complexity index is 289. The van der Waals surface area contributed by atoms with Crippen LogP contribution in [0.5, 0.6) is 0 Å². The smallest absolute Gasteiger partial charge is 0.308 e. The lowest BCUT2D eigenvalue weighted by atomic mass is 10.0. The summed E-state index contributed by atoms with van der Waals surface area (Å²) in [6.07, 6.45) is 10.1. The predicted molar refractivity (Wildman–Crippen MR) is 88.7 cm³/mol.